The van der Waals surface area contributed by atoms with Crippen LogP contribution in [0.15, 0.2) is 28.7 Å². The molecule has 90 valence electrons. The molecule has 2 aromatic rings. The Kier molecular flexibility index (Phi) is 3.98. The van der Waals surface area contributed by atoms with Gasteiger partial charge in [-0.3, -0.25) is 0 Å². The second-order valence-corrected chi connectivity index (χ2v) is 4.01. The Balaban J connectivity index is 1.90. The number of halogens is 1. The zero-order valence-electron chi connectivity index (χ0n) is 9.52. The van der Waals surface area contributed by atoms with Gasteiger partial charge in [-0.15, -0.1) is 21.8 Å². The van der Waals surface area contributed by atoms with Crippen LogP contribution in [0.25, 0.3) is 0 Å². The molecule has 1 aromatic carbocycles. The van der Waals surface area contributed by atoms with Crippen molar-refractivity contribution < 1.29 is 9.15 Å². The number of rotatable bonds is 5. The fraction of sp³-hybridized carbons (Fsp3) is 0.333. The summed E-state index contributed by atoms with van der Waals surface area (Å²) in [7, 11) is 0. The highest BCUT2D eigenvalue weighted by molar-refractivity contribution is 6.17. The molecular formula is C12H13ClN2O2. The Bertz CT molecular complexity index is 468. The first-order valence-corrected chi connectivity index (χ1v) is 5.88. The lowest BCUT2D eigenvalue weighted by molar-refractivity contribution is 0.259. The van der Waals surface area contributed by atoms with Gasteiger partial charge in [-0.1, -0.05) is 17.7 Å². The third kappa shape index (κ3) is 3.46. The lowest BCUT2D eigenvalue weighted by Gasteiger charge is -2.02. The number of aromatic nitrogens is 2. The number of hydrogen-bond donors (Lipinski definition) is 0. The van der Waals surface area contributed by atoms with Crippen LogP contribution in [0, 0.1) is 6.92 Å². The maximum absolute atomic E-state index is 5.57. The molecule has 0 amide bonds. The van der Waals surface area contributed by atoms with Crippen LogP contribution in [0.5, 0.6) is 5.75 Å². The molecule has 0 spiro atoms. The first-order valence-electron chi connectivity index (χ1n) is 5.34. The summed E-state index contributed by atoms with van der Waals surface area (Å²) in [5, 5.41) is 7.72. The zero-order chi connectivity index (χ0) is 12.1. The van der Waals surface area contributed by atoms with E-state index in [0.717, 1.165) is 5.75 Å². The van der Waals surface area contributed by atoms with Crippen molar-refractivity contribution in [3.8, 4) is 5.75 Å². The Morgan fingerprint density at radius 2 is 1.88 bits per heavy atom. The van der Waals surface area contributed by atoms with Gasteiger partial charge in [-0.2, -0.15) is 0 Å². The van der Waals surface area contributed by atoms with Crippen molar-refractivity contribution in [2.45, 2.75) is 20.0 Å². The third-order valence-electron chi connectivity index (χ3n) is 2.20. The predicted molar refractivity (Wildman–Crippen MR) is 64.2 cm³/mol. The molecule has 0 radical (unpaired) electrons. The highest BCUT2D eigenvalue weighted by Gasteiger charge is 2.05. The van der Waals surface area contributed by atoms with Gasteiger partial charge in [-0.05, 0) is 19.1 Å². The van der Waals surface area contributed by atoms with Crippen molar-refractivity contribution in [2.75, 3.05) is 5.88 Å². The summed E-state index contributed by atoms with van der Waals surface area (Å²) in [4.78, 5) is 0. The largest absolute Gasteiger partial charge is 0.484 e. The topological polar surface area (TPSA) is 48.2 Å². The average Bonchev–Trinajstić information content (AvgIpc) is 2.77. The van der Waals surface area contributed by atoms with Crippen LogP contribution in [-0.4, -0.2) is 16.1 Å². The van der Waals surface area contributed by atoms with Crippen molar-refractivity contribution in [2.24, 2.45) is 0 Å². The molecule has 1 heterocycles. The summed E-state index contributed by atoms with van der Waals surface area (Å²) in [6.07, 6.45) is 0.582. The van der Waals surface area contributed by atoms with Crippen LogP contribution in [-0.2, 0) is 13.0 Å². The van der Waals surface area contributed by atoms with Gasteiger partial charge in [0.05, 0.1) is 0 Å². The lowest BCUT2D eigenvalue weighted by Crippen LogP contribution is -1.95. The predicted octanol–water partition coefficient (Wildman–Crippen LogP) is 2.74. The van der Waals surface area contributed by atoms with Crippen molar-refractivity contribution in [3.05, 3.63) is 41.6 Å². The first kappa shape index (κ1) is 11.9. The Labute approximate surface area is 105 Å². The van der Waals surface area contributed by atoms with Crippen molar-refractivity contribution >= 4 is 11.6 Å². The summed E-state index contributed by atoms with van der Waals surface area (Å²) in [6.45, 7) is 2.30. The van der Waals surface area contributed by atoms with Gasteiger partial charge in [0.2, 0.25) is 5.89 Å². The molecule has 4 nitrogen and oxygen atoms in total. The molecule has 0 aliphatic carbocycles. The molecular weight excluding hydrogens is 240 g/mol. The highest BCUT2D eigenvalue weighted by atomic mass is 35.5. The molecule has 0 saturated carbocycles. The summed E-state index contributed by atoms with van der Waals surface area (Å²) in [5.74, 6) is 2.27. The second kappa shape index (κ2) is 5.68. The van der Waals surface area contributed by atoms with E-state index in [9.17, 15) is 0 Å². The van der Waals surface area contributed by atoms with Crippen LogP contribution in [0.1, 0.15) is 17.3 Å². The molecule has 0 aliphatic heterocycles. The van der Waals surface area contributed by atoms with Crippen LogP contribution in [0.2, 0.25) is 0 Å². The molecule has 0 N–H and O–H groups in total. The van der Waals surface area contributed by atoms with E-state index in [1.54, 1.807) is 0 Å². The van der Waals surface area contributed by atoms with Crippen LogP contribution >= 0.6 is 11.6 Å². The number of hydrogen-bond acceptors (Lipinski definition) is 4. The minimum Gasteiger partial charge on any atom is -0.484 e. The summed E-state index contributed by atoms with van der Waals surface area (Å²) in [6, 6.07) is 7.79. The van der Waals surface area contributed by atoms with Gasteiger partial charge in [0.25, 0.3) is 5.89 Å². The van der Waals surface area contributed by atoms with Crippen LogP contribution in [0.3, 0.4) is 0 Å². The van der Waals surface area contributed by atoms with Gasteiger partial charge < -0.3 is 9.15 Å². The van der Waals surface area contributed by atoms with E-state index < -0.39 is 0 Å². The number of alkyl halides is 1. The fourth-order valence-corrected chi connectivity index (χ4v) is 1.47. The quantitative estimate of drug-likeness (QED) is 0.768. The molecule has 0 aliphatic rings. The van der Waals surface area contributed by atoms with Crippen molar-refractivity contribution in [1.82, 2.24) is 10.2 Å². The standard InChI is InChI=1S/C12H13ClN2O2/c1-9-2-4-10(5-3-9)16-8-12-15-14-11(17-12)6-7-13/h2-5H,6-8H2,1H3. The van der Waals surface area contributed by atoms with E-state index in [1.807, 2.05) is 31.2 Å². The van der Waals surface area contributed by atoms with E-state index >= 15 is 0 Å². The summed E-state index contributed by atoms with van der Waals surface area (Å²) < 4.78 is 10.8. The molecule has 5 heteroatoms. The molecule has 0 atom stereocenters. The van der Waals surface area contributed by atoms with E-state index in [-0.39, 0.29) is 6.61 Å². The lowest BCUT2D eigenvalue weighted by atomic mass is 10.2. The van der Waals surface area contributed by atoms with E-state index in [4.69, 9.17) is 20.8 Å². The highest BCUT2D eigenvalue weighted by Crippen LogP contribution is 2.13. The maximum atomic E-state index is 5.57. The van der Waals surface area contributed by atoms with Crippen molar-refractivity contribution in [1.29, 1.82) is 0 Å². The van der Waals surface area contributed by atoms with Gasteiger partial charge in [-0.25, -0.2) is 0 Å². The number of aryl methyl sites for hydroxylation is 2. The molecule has 0 bridgehead atoms. The zero-order valence-corrected chi connectivity index (χ0v) is 10.3. The monoisotopic (exact) mass is 252 g/mol. The van der Waals surface area contributed by atoms with E-state index in [1.165, 1.54) is 5.56 Å². The fourth-order valence-electron chi connectivity index (χ4n) is 1.31. The average molecular weight is 253 g/mol. The minimum atomic E-state index is 0.276. The van der Waals surface area contributed by atoms with E-state index in [0.29, 0.717) is 24.1 Å². The molecule has 0 saturated heterocycles. The van der Waals surface area contributed by atoms with E-state index in [2.05, 4.69) is 10.2 Å². The van der Waals surface area contributed by atoms with Crippen molar-refractivity contribution in [3.63, 3.8) is 0 Å². The maximum Gasteiger partial charge on any atom is 0.253 e. The summed E-state index contributed by atoms with van der Waals surface area (Å²) in [5.41, 5.74) is 1.19. The Morgan fingerprint density at radius 1 is 1.18 bits per heavy atom. The normalized spacial score (nSPS) is 10.5. The number of nitrogens with zero attached hydrogens (tertiary/aromatic N) is 2. The van der Waals surface area contributed by atoms with Gasteiger partial charge in [0.15, 0.2) is 6.61 Å². The SMILES string of the molecule is Cc1ccc(OCc2nnc(CCCl)o2)cc1. The molecule has 17 heavy (non-hydrogen) atoms. The van der Waals surface area contributed by atoms with Crippen LogP contribution in [0.4, 0.5) is 0 Å². The van der Waals surface area contributed by atoms with Gasteiger partial charge in [0, 0.05) is 12.3 Å². The molecule has 0 unspecified atom stereocenters. The third-order valence-corrected chi connectivity index (χ3v) is 2.39. The number of ether oxygens (including phenoxy) is 1. The summed E-state index contributed by atoms with van der Waals surface area (Å²) >= 11 is 5.57. The molecule has 1 aromatic heterocycles. The minimum absolute atomic E-state index is 0.276. The smallest absolute Gasteiger partial charge is 0.253 e. The number of benzene rings is 1. The second-order valence-electron chi connectivity index (χ2n) is 3.63. The van der Waals surface area contributed by atoms with Gasteiger partial charge >= 0.3 is 0 Å². The molecule has 0 fully saturated rings. The van der Waals surface area contributed by atoms with Gasteiger partial charge in [0.1, 0.15) is 5.75 Å². The molecule has 2 rings (SSSR count). The Morgan fingerprint density at radius 3 is 2.59 bits per heavy atom. The van der Waals surface area contributed by atoms with Crippen LogP contribution < -0.4 is 4.74 Å². The Hall–Kier alpha value is -1.55. The first-order chi connectivity index (χ1) is 8.28.